The first-order valence-corrected chi connectivity index (χ1v) is 8.78. The van der Waals surface area contributed by atoms with Crippen LogP contribution < -0.4 is 15.8 Å². The van der Waals surface area contributed by atoms with Gasteiger partial charge in [0.15, 0.2) is 6.10 Å². The summed E-state index contributed by atoms with van der Waals surface area (Å²) >= 11 is 0. The Labute approximate surface area is 147 Å². The Hall–Kier alpha value is -2.56. The number of benzene rings is 2. The normalized spacial score (nSPS) is 17.6. The molecule has 1 aliphatic rings. The number of nitrogens with two attached hydrogens (primary N) is 1. The van der Waals surface area contributed by atoms with E-state index in [1.807, 2.05) is 42.5 Å². The number of fused-ring (bicyclic) bond motifs is 1. The van der Waals surface area contributed by atoms with Crippen molar-refractivity contribution in [2.24, 2.45) is 5.73 Å². The third kappa shape index (κ3) is 3.76. The summed E-state index contributed by atoms with van der Waals surface area (Å²) in [7, 11) is 0. The Bertz CT molecular complexity index is 781. The highest BCUT2D eigenvalue weighted by atomic mass is 16.5. The lowest BCUT2D eigenvalue weighted by Gasteiger charge is -2.35. The minimum absolute atomic E-state index is 0.311. The van der Waals surface area contributed by atoms with E-state index in [0.717, 1.165) is 30.0 Å². The molecule has 3 N–H and O–H groups in total. The van der Waals surface area contributed by atoms with Crippen LogP contribution in [0.15, 0.2) is 42.5 Å². The lowest BCUT2D eigenvalue weighted by atomic mass is 9.81. The molecule has 0 spiro atoms. The number of primary amides is 1. The van der Waals surface area contributed by atoms with Crippen LogP contribution in [0.3, 0.4) is 0 Å². The highest BCUT2D eigenvalue weighted by Crippen LogP contribution is 2.28. The first kappa shape index (κ1) is 17.3. The molecular weight excluding hydrogens is 316 g/mol. The Morgan fingerprint density at radius 2 is 1.76 bits per heavy atom. The van der Waals surface area contributed by atoms with Crippen LogP contribution in [0, 0.1) is 0 Å². The molecule has 5 heteroatoms. The maximum atomic E-state index is 12.5. The Morgan fingerprint density at radius 3 is 2.44 bits per heavy atom. The lowest BCUT2D eigenvalue weighted by Crippen LogP contribution is -2.60. The highest BCUT2D eigenvalue weighted by molar-refractivity contribution is 5.92. The number of amides is 2. The summed E-state index contributed by atoms with van der Waals surface area (Å²) in [5.41, 5.74) is 4.64. The van der Waals surface area contributed by atoms with Gasteiger partial charge in [-0.1, -0.05) is 49.6 Å². The molecule has 1 saturated carbocycles. The van der Waals surface area contributed by atoms with Crippen LogP contribution >= 0.6 is 0 Å². The van der Waals surface area contributed by atoms with Gasteiger partial charge in [-0.25, -0.2) is 0 Å². The first-order valence-electron chi connectivity index (χ1n) is 8.78. The van der Waals surface area contributed by atoms with Crippen LogP contribution in [0.2, 0.25) is 0 Å². The summed E-state index contributed by atoms with van der Waals surface area (Å²) in [5.74, 6) is -0.148. The van der Waals surface area contributed by atoms with Crippen molar-refractivity contribution >= 4 is 22.6 Å². The van der Waals surface area contributed by atoms with Gasteiger partial charge < -0.3 is 15.8 Å². The fourth-order valence-electron chi connectivity index (χ4n) is 3.42. The summed E-state index contributed by atoms with van der Waals surface area (Å²) in [4.78, 5) is 24.5. The fraction of sp³-hybridized carbons (Fsp3) is 0.400. The molecule has 2 aromatic carbocycles. The quantitative estimate of drug-likeness (QED) is 0.878. The average Bonchev–Trinajstić information content (AvgIpc) is 2.62. The minimum Gasteiger partial charge on any atom is -0.481 e. The molecule has 0 aliphatic heterocycles. The molecular formula is C20H24N2O3. The van der Waals surface area contributed by atoms with Gasteiger partial charge in [0.1, 0.15) is 11.3 Å². The Kier molecular flexibility index (Phi) is 4.93. The number of nitrogens with one attached hydrogen (secondary N) is 1. The third-order valence-corrected chi connectivity index (χ3v) is 4.94. The molecule has 0 radical (unpaired) electrons. The zero-order chi connectivity index (χ0) is 17.9. The van der Waals surface area contributed by atoms with Crippen LogP contribution in [0.5, 0.6) is 5.75 Å². The molecule has 25 heavy (non-hydrogen) atoms. The van der Waals surface area contributed by atoms with Crippen LogP contribution in [0.1, 0.15) is 39.0 Å². The number of hydrogen-bond donors (Lipinski definition) is 2. The molecule has 3 rings (SSSR count). The Morgan fingerprint density at radius 1 is 1.08 bits per heavy atom. The molecule has 132 valence electrons. The van der Waals surface area contributed by atoms with Crippen molar-refractivity contribution < 1.29 is 14.3 Å². The van der Waals surface area contributed by atoms with Crippen molar-refractivity contribution in [1.29, 1.82) is 0 Å². The lowest BCUT2D eigenvalue weighted by molar-refractivity contribution is -0.136. The van der Waals surface area contributed by atoms with Crippen molar-refractivity contribution in [2.45, 2.75) is 50.7 Å². The van der Waals surface area contributed by atoms with Crippen molar-refractivity contribution in [1.82, 2.24) is 5.32 Å². The van der Waals surface area contributed by atoms with Gasteiger partial charge >= 0.3 is 0 Å². The highest BCUT2D eigenvalue weighted by Gasteiger charge is 2.40. The van der Waals surface area contributed by atoms with Crippen LogP contribution in [0.4, 0.5) is 0 Å². The van der Waals surface area contributed by atoms with E-state index in [-0.39, 0.29) is 5.91 Å². The molecule has 1 atom stereocenters. The van der Waals surface area contributed by atoms with Crippen molar-refractivity contribution in [3.8, 4) is 5.75 Å². The van der Waals surface area contributed by atoms with E-state index in [9.17, 15) is 9.59 Å². The smallest absolute Gasteiger partial charge is 0.261 e. The molecule has 0 unspecified atom stereocenters. The fourth-order valence-corrected chi connectivity index (χ4v) is 3.42. The second-order valence-electron chi connectivity index (χ2n) is 6.77. The van der Waals surface area contributed by atoms with Gasteiger partial charge in [-0.05, 0) is 42.7 Å². The van der Waals surface area contributed by atoms with Crippen LogP contribution in [-0.4, -0.2) is 23.5 Å². The van der Waals surface area contributed by atoms with E-state index in [1.54, 1.807) is 6.92 Å². The van der Waals surface area contributed by atoms with Crippen LogP contribution in [0.25, 0.3) is 10.8 Å². The number of ether oxygens (including phenoxy) is 1. The molecule has 1 aliphatic carbocycles. The van der Waals surface area contributed by atoms with E-state index in [1.165, 1.54) is 0 Å². The summed E-state index contributed by atoms with van der Waals surface area (Å²) in [6, 6.07) is 13.7. The largest absolute Gasteiger partial charge is 0.481 e. The predicted molar refractivity (Wildman–Crippen MR) is 97.2 cm³/mol. The van der Waals surface area contributed by atoms with Crippen molar-refractivity contribution in [3.63, 3.8) is 0 Å². The van der Waals surface area contributed by atoms with Gasteiger partial charge in [0, 0.05) is 0 Å². The van der Waals surface area contributed by atoms with E-state index in [0.29, 0.717) is 18.6 Å². The van der Waals surface area contributed by atoms with Gasteiger partial charge in [0.05, 0.1) is 0 Å². The van der Waals surface area contributed by atoms with E-state index < -0.39 is 17.6 Å². The van der Waals surface area contributed by atoms with Gasteiger partial charge in [-0.2, -0.15) is 0 Å². The summed E-state index contributed by atoms with van der Waals surface area (Å²) in [6.07, 6.45) is 3.33. The van der Waals surface area contributed by atoms with Gasteiger partial charge in [-0.3, -0.25) is 9.59 Å². The number of carbonyl (C=O) groups excluding carboxylic acids is 2. The molecule has 0 heterocycles. The minimum atomic E-state index is -0.934. The molecule has 2 aromatic rings. The zero-order valence-electron chi connectivity index (χ0n) is 14.5. The second kappa shape index (κ2) is 7.13. The topological polar surface area (TPSA) is 81.4 Å². The van der Waals surface area contributed by atoms with E-state index >= 15 is 0 Å². The first-order chi connectivity index (χ1) is 12.0. The molecule has 0 saturated heterocycles. The number of hydrogen-bond acceptors (Lipinski definition) is 3. The average molecular weight is 340 g/mol. The third-order valence-electron chi connectivity index (χ3n) is 4.94. The van der Waals surface area contributed by atoms with Gasteiger partial charge in [0.2, 0.25) is 5.91 Å². The second-order valence-corrected chi connectivity index (χ2v) is 6.77. The van der Waals surface area contributed by atoms with Crippen molar-refractivity contribution in [3.05, 3.63) is 42.5 Å². The van der Waals surface area contributed by atoms with E-state index in [4.69, 9.17) is 10.5 Å². The van der Waals surface area contributed by atoms with Crippen LogP contribution in [-0.2, 0) is 9.59 Å². The monoisotopic (exact) mass is 340 g/mol. The summed E-state index contributed by atoms with van der Waals surface area (Å²) < 4.78 is 5.79. The number of carbonyl (C=O) groups is 2. The van der Waals surface area contributed by atoms with Gasteiger partial charge in [-0.15, -0.1) is 0 Å². The summed E-state index contributed by atoms with van der Waals surface area (Å²) in [6.45, 7) is 1.68. The van der Waals surface area contributed by atoms with Crippen molar-refractivity contribution in [2.75, 3.05) is 0 Å². The van der Waals surface area contributed by atoms with Gasteiger partial charge in [0.25, 0.3) is 5.91 Å². The maximum Gasteiger partial charge on any atom is 0.261 e. The molecule has 2 amide bonds. The summed E-state index contributed by atoms with van der Waals surface area (Å²) in [5, 5.41) is 5.01. The Balaban J connectivity index is 1.69. The SMILES string of the molecule is C[C@H](Oc1ccc2ccccc2c1)C(=O)NC1(C(N)=O)CCCCC1. The molecule has 0 bridgehead atoms. The predicted octanol–water partition coefficient (Wildman–Crippen LogP) is 2.91. The van der Waals surface area contributed by atoms with E-state index in [2.05, 4.69) is 5.32 Å². The molecule has 5 nitrogen and oxygen atoms in total. The molecule has 0 aromatic heterocycles. The molecule has 1 fully saturated rings. The number of rotatable bonds is 5. The standard InChI is InChI=1S/C20H24N2O3/c1-14(18(23)22-20(19(21)24)11-5-2-6-12-20)25-17-10-9-15-7-3-4-8-16(15)13-17/h3-4,7-10,13-14H,2,5-6,11-12H2,1H3,(H2,21,24)(H,22,23)/t14-/m0/s1. The maximum absolute atomic E-state index is 12.5. The zero-order valence-corrected chi connectivity index (χ0v) is 14.5.